The first-order valence-corrected chi connectivity index (χ1v) is 10.7. The van der Waals surface area contributed by atoms with Crippen molar-refractivity contribution in [1.29, 1.82) is 0 Å². The van der Waals surface area contributed by atoms with Gasteiger partial charge in [-0.2, -0.15) is 17.7 Å². The number of aryl methyl sites for hydroxylation is 3. The third-order valence-corrected chi connectivity index (χ3v) is 7.46. The maximum absolute atomic E-state index is 14.1. The Balaban J connectivity index is 2.12. The van der Waals surface area contributed by atoms with Crippen molar-refractivity contribution < 1.29 is 17.7 Å². The molecule has 6 rings (SSSR count). The lowest BCUT2D eigenvalue weighted by Crippen LogP contribution is -2.32. The van der Waals surface area contributed by atoms with E-state index < -0.39 is 11.7 Å². The molecule has 0 atom stereocenters. The Morgan fingerprint density at radius 2 is 1.38 bits per heavy atom. The molecule has 0 amide bonds. The van der Waals surface area contributed by atoms with E-state index in [1.54, 1.807) is 17.7 Å². The van der Waals surface area contributed by atoms with Crippen LogP contribution in [0.2, 0.25) is 0 Å². The molecule has 3 aromatic heterocycles. The summed E-state index contributed by atoms with van der Waals surface area (Å²) in [5.74, 6) is 0. The summed E-state index contributed by atoms with van der Waals surface area (Å²) in [4.78, 5) is 0. The van der Waals surface area contributed by atoms with Gasteiger partial charge in [-0.05, 0) is 56.0 Å². The Labute approximate surface area is 182 Å². The molecular formula is C27H22F3N2+. The van der Waals surface area contributed by atoms with Gasteiger partial charge in [0.25, 0.3) is 0 Å². The van der Waals surface area contributed by atoms with Crippen molar-refractivity contribution in [2.24, 2.45) is 7.05 Å². The first-order valence-electron chi connectivity index (χ1n) is 10.7. The maximum Gasteiger partial charge on any atom is 0.422 e. The lowest BCUT2D eigenvalue weighted by Gasteiger charge is -2.19. The van der Waals surface area contributed by atoms with Crippen LogP contribution in [0.4, 0.5) is 13.2 Å². The number of benzene rings is 3. The predicted molar refractivity (Wildman–Crippen MR) is 124 cm³/mol. The Morgan fingerprint density at radius 3 is 2.09 bits per heavy atom. The molecule has 0 spiro atoms. The number of halogens is 3. The predicted octanol–water partition coefficient (Wildman–Crippen LogP) is 7.07. The average molecular weight is 431 g/mol. The van der Waals surface area contributed by atoms with Crippen LogP contribution in [-0.4, -0.2) is 4.40 Å². The van der Waals surface area contributed by atoms with Crippen LogP contribution >= 0.6 is 0 Å². The van der Waals surface area contributed by atoms with Gasteiger partial charge < -0.3 is 4.40 Å². The highest BCUT2D eigenvalue weighted by atomic mass is 19.4. The number of nitrogens with zero attached hydrogens (tertiary/aromatic N) is 2. The number of fused-ring (bicyclic) bond motifs is 6. The Morgan fingerprint density at radius 1 is 0.719 bits per heavy atom. The largest absolute Gasteiger partial charge is 0.422 e. The molecule has 0 bridgehead atoms. The summed E-state index contributed by atoms with van der Waals surface area (Å²) in [5, 5.41) is 3.98. The van der Waals surface area contributed by atoms with Crippen LogP contribution in [0.25, 0.3) is 49.0 Å². The van der Waals surface area contributed by atoms with Gasteiger partial charge in [-0.1, -0.05) is 30.3 Å². The molecule has 0 fully saturated rings. The Kier molecular flexibility index (Phi) is 3.58. The van der Waals surface area contributed by atoms with Gasteiger partial charge in [0.05, 0.1) is 27.3 Å². The molecule has 0 aliphatic rings. The van der Waals surface area contributed by atoms with Gasteiger partial charge in [-0.15, -0.1) is 0 Å². The van der Waals surface area contributed by atoms with E-state index in [1.807, 2.05) is 18.2 Å². The van der Waals surface area contributed by atoms with Crippen molar-refractivity contribution in [1.82, 2.24) is 4.40 Å². The summed E-state index contributed by atoms with van der Waals surface area (Å²) in [5.41, 5.74) is 7.89. The van der Waals surface area contributed by atoms with Crippen molar-refractivity contribution >= 4 is 49.0 Å². The molecule has 0 unspecified atom stereocenters. The molecule has 6 aromatic rings. The van der Waals surface area contributed by atoms with Gasteiger partial charge in [0.15, 0.2) is 6.20 Å². The number of hydrogen-bond donors (Lipinski definition) is 0. The van der Waals surface area contributed by atoms with Crippen molar-refractivity contribution in [3.63, 3.8) is 0 Å². The third-order valence-electron chi connectivity index (χ3n) is 7.46. The lowest BCUT2D eigenvalue weighted by molar-refractivity contribution is -0.644. The molecule has 2 nitrogen and oxygen atoms in total. The van der Waals surface area contributed by atoms with Gasteiger partial charge >= 0.3 is 6.18 Å². The average Bonchev–Trinajstić information content (AvgIpc) is 3.09. The highest BCUT2D eigenvalue weighted by molar-refractivity contribution is 6.28. The van der Waals surface area contributed by atoms with Crippen molar-refractivity contribution in [2.75, 3.05) is 0 Å². The monoisotopic (exact) mass is 431 g/mol. The fraction of sp³-hybridized carbons (Fsp3) is 0.222. The van der Waals surface area contributed by atoms with Crippen LogP contribution in [0.3, 0.4) is 0 Å². The van der Waals surface area contributed by atoms with Crippen molar-refractivity contribution in [3.05, 3.63) is 70.4 Å². The number of rotatable bonds is 0. The molecule has 0 saturated carbocycles. The van der Waals surface area contributed by atoms with E-state index in [0.717, 1.165) is 49.4 Å². The van der Waals surface area contributed by atoms with Gasteiger partial charge in [0.2, 0.25) is 5.52 Å². The molecule has 0 saturated heterocycles. The summed E-state index contributed by atoms with van der Waals surface area (Å²) >= 11 is 0. The SMILES string of the molecule is Cc1c(C)c(C)c2c(c1C)c1c3c(ccc4c5ccccc5n2c43)c(C(F)(F)F)c[n+]1C. The van der Waals surface area contributed by atoms with E-state index in [0.29, 0.717) is 5.39 Å². The molecule has 160 valence electrons. The second-order valence-electron chi connectivity index (χ2n) is 8.96. The maximum atomic E-state index is 14.1. The molecule has 0 radical (unpaired) electrons. The van der Waals surface area contributed by atoms with Crippen molar-refractivity contribution in [2.45, 2.75) is 33.9 Å². The number of hydrogen-bond acceptors (Lipinski definition) is 0. The van der Waals surface area contributed by atoms with E-state index in [9.17, 15) is 13.2 Å². The summed E-state index contributed by atoms with van der Waals surface area (Å²) in [6, 6.07) is 11.6. The molecule has 5 heteroatoms. The Bertz CT molecular complexity index is 1750. The summed E-state index contributed by atoms with van der Waals surface area (Å²) in [6.45, 7) is 8.43. The van der Waals surface area contributed by atoms with E-state index in [-0.39, 0.29) is 5.39 Å². The van der Waals surface area contributed by atoms with E-state index in [1.165, 1.54) is 17.3 Å². The highest BCUT2D eigenvalue weighted by Gasteiger charge is 2.38. The zero-order valence-electron chi connectivity index (χ0n) is 18.6. The normalized spacial score (nSPS) is 13.0. The van der Waals surface area contributed by atoms with Gasteiger partial charge in [0, 0.05) is 16.2 Å². The van der Waals surface area contributed by atoms with Crippen LogP contribution in [0.15, 0.2) is 42.6 Å². The molecular weight excluding hydrogens is 409 g/mol. The number of para-hydroxylation sites is 1. The van der Waals surface area contributed by atoms with E-state index in [4.69, 9.17) is 0 Å². The van der Waals surface area contributed by atoms with Gasteiger partial charge in [-0.25, -0.2) is 0 Å². The molecule has 3 heterocycles. The van der Waals surface area contributed by atoms with Crippen LogP contribution in [0.5, 0.6) is 0 Å². The molecule has 0 aliphatic heterocycles. The zero-order chi connectivity index (χ0) is 22.7. The van der Waals surface area contributed by atoms with Gasteiger partial charge in [0.1, 0.15) is 12.6 Å². The van der Waals surface area contributed by atoms with Crippen molar-refractivity contribution in [3.8, 4) is 0 Å². The number of aromatic nitrogens is 2. The minimum absolute atomic E-state index is 0.253. The molecule has 0 aliphatic carbocycles. The quantitative estimate of drug-likeness (QED) is 0.138. The van der Waals surface area contributed by atoms with E-state index >= 15 is 0 Å². The smallest absolute Gasteiger partial charge is 0.307 e. The standard InChI is InChI=1S/C27H22F3N2/c1-13-14(2)16(4)24-22(15(13)3)26-23-19(20(12-31(26)5)27(28,29)30)11-10-18-17-8-6-7-9-21(17)32(24)25(18)23/h6-12H,1-5H3/q+1. The highest BCUT2D eigenvalue weighted by Crippen LogP contribution is 2.45. The summed E-state index contributed by atoms with van der Waals surface area (Å²) in [7, 11) is 1.73. The number of alkyl halides is 3. The van der Waals surface area contributed by atoms with Crippen LogP contribution < -0.4 is 4.57 Å². The third kappa shape index (κ3) is 2.14. The first kappa shape index (κ1) is 19.4. The minimum atomic E-state index is -4.44. The van der Waals surface area contributed by atoms with Crippen LogP contribution in [-0.2, 0) is 13.2 Å². The molecule has 3 aromatic carbocycles. The van der Waals surface area contributed by atoms with Gasteiger partial charge in [-0.3, -0.25) is 0 Å². The Hall–Kier alpha value is -3.34. The molecule has 0 N–H and O–H groups in total. The lowest BCUT2D eigenvalue weighted by atomic mass is 9.91. The zero-order valence-corrected chi connectivity index (χ0v) is 18.6. The fourth-order valence-corrected chi connectivity index (χ4v) is 5.65. The summed E-state index contributed by atoms with van der Waals surface area (Å²) in [6.07, 6.45) is -3.19. The van der Waals surface area contributed by atoms with Crippen LogP contribution in [0.1, 0.15) is 27.8 Å². The second kappa shape index (κ2) is 5.91. The summed E-state index contributed by atoms with van der Waals surface area (Å²) < 4.78 is 46.1. The number of pyridine rings is 2. The minimum Gasteiger partial charge on any atom is -0.307 e. The first-order chi connectivity index (χ1) is 15.1. The molecule has 32 heavy (non-hydrogen) atoms. The second-order valence-corrected chi connectivity index (χ2v) is 8.96. The topological polar surface area (TPSA) is 8.29 Å². The van der Waals surface area contributed by atoms with E-state index in [2.05, 4.69) is 44.2 Å². The fourth-order valence-electron chi connectivity index (χ4n) is 5.65. The van der Waals surface area contributed by atoms with Crippen LogP contribution in [0, 0.1) is 27.7 Å².